The van der Waals surface area contributed by atoms with E-state index in [1.54, 1.807) is 12.3 Å². The number of aryl methyl sites for hydroxylation is 1. The van der Waals surface area contributed by atoms with E-state index in [0.717, 1.165) is 16.7 Å². The number of pyridine rings is 1. The van der Waals surface area contributed by atoms with Crippen LogP contribution in [0.1, 0.15) is 70.3 Å². The normalized spacial score (nSPS) is 9.03. The smallest absolute Gasteiger partial charge is 0.250 e. The summed E-state index contributed by atoms with van der Waals surface area (Å²) in [5.41, 5.74) is 11.2. The number of rotatable bonds is 3. The minimum Gasteiger partial charge on any atom is -0.366 e. The van der Waals surface area contributed by atoms with Crippen molar-refractivity contribution in [2.75, 3.05) is 0 Å². The highest BCUT2D eigenvalue weighted by atomic mass is 16.1. The molecule has 3 aromatic rings. The van der Waals surface area contributed by atoms with Crippen LogP contribution >= 0.6 is 0 Å². The lowest BCUT2D eigenvalue weighted by molar-refractivity contribution is 0.1000. The summed E-state index contributed by atoms with van der Waals surface area (Å²) in [6.45, 7) is 14.6. The molecule has 1 amide bonds. The number of carbonyl (C=O) groups is 1. The molecule has 0 atom stereocenters. The van der Waals surface area contributed by atoms with Gasteiger partial charge in [-0.25, -0.2) is 0 Å². The Kier molecular flexibility index (Phi) is 14.4. The molecule has 1 aromatic heterocycles. The molecule has 0 saturated carbocycles. The molecule has 0 radical (unpaired) electrons. The first-order chi connectivity index (χ1) is 14.5. The van der Waals surface area contributed by atoms with E-state index in [9.17, 15) is 4.79 Å². The molecule has 2 N–H and O–H groups in total. The Morgan fingerprint density at radius 3 is 1.93 bits per heavy atom. The van der Waals surface area contributed by atoms with Crippen molar-refractivity contribution in [3.05, 3.63) is 78.1 Å². The summed E-state index contributed by atoms with van der Waals surface area (Å²) >= 11 is 0. The van der Waals surface area contributed by atoms with Gasteiger partial charge in [-0.1, -0.05) is 96.8 Å². The van der Waals surface area contributed by atoms with Crippen LogP contribution in [-0.4, -0.2) is 10.9 Å². The van der Waals surface area contributed by atoms with Crippen molar-refractivity contribution in [2.24, 2.45) is 5.73 Å². The molecule has 3 nitrogen and oxygen atoms in total. The van der Waals surface area contributed by atoms with E-state index in [0.29, 0.717) is 5.56 Å². The van der Waals surface area contributed by atoms with Gasteiger partial charge in [0.25, 0.3) is 0 Å². The Morgan fingerprint density at radius 1 is 0.800 bits per heavy atom. The SMILES string of the molecule is CC.CCC.CCC.Cc1ccccc1-c1cccc(-c2cncc(C(N)=O)c2)c1. The van der Waals surface area contributed by atoms with Gasteiger partial charge in [-0.2, -0.15) is 0 Å². The predicted molar refractivity (Wildman–Crippen MR) is 132 cm³/mol. The lowest BCUT2D eigenvalue weighted by Crippen LogP contribution is -2.11. The van der Waals surface area contributed by atoms with Crippen LogP contribution in [0.4, 0.5) is 0 Å². The van der Waals surface area contributed by atoms with Crippen LogP contribution in [0, 0.1) is 6.92 Å². The number of hydrogen-bond acceptors (Lipinski definition) is 2. The van der Waals surface area contributed by atoms with Gasteiger partial charge in [-0.05, 0) is 41.3 Å². The first-order valence-electron chi connectivity index (χ1n) is 10.9. The fourth-order valence-electron chi connectivity index (χ4n) is 2.50. The molecule has 3 heteroatoms. The zero-order valence-corrected chi connectivity index (χ0v) is 19.7. The van der Waals surface area contributed by atoms with Crippen molar-refractivity contribution in [1.29, 1.82) is 0 Å². The molecule has 1 heterocycles. The molecule has 0 fully saturated rings. The number of benzene rings is 2. The third kappa shape index (κ3) is 9.04. The van der Waals surface area contributed by atoms with Crippen LogP contribution in [0.5, 0.6) is 0 Å². The zero-order chi connectivity index (χ0) is 22.9. The van der Waals surface area contributed by atoms with Crippen molar-refractivity contribution in [1.82, 2.24) is 4.98 Å². The van der Waals surface area contributed by atoms with Crippen molar-refractivity contribution >= 4 is 5.91 Å². The van der Waals surface area contributed by atoms with Crippen molar-refractivity contribution in [2.45, 2.75) is 61.3 Å². The number of nitrogens with two attached hydrogens (primary N) is 1. The monoisotopic (exact) mass is 406 g/mol. The lowest BCUT2D eigenvalue weighted by Gasteiger charge is -2.09. The fourth-order valence-corrected chi connectivity index (χ4v) is 2.50. The van der Waals surface area contributed by atoms with Gasteiger partial charge in [0, 0.05) is 18.0 Å². The van der Waals surface area contributed by atoms with Crippen molar-refractivity contribution in [3.8, 4) is 22.3 Å². The van der Waals surface area contributed by atoms with Crippen LogP contribution in [0.25, 0.3) is 22.3 Å². The maximum atomic E-state index is 11.3. The summed E-state index contributed by atoms with van der Waals surface area (Å²) in [7, 11) is 0. The minimum absolute atomic E-state index is 0.416. The van der Waals surface area contributed by atoms with E-state index >= 15 is 0 Å². The average molecular weight is 407 g/mol. The highest BCUT2D eigenvalue weighted by Crippen LogP contribution is 2.28. The largest absolute Gasteiger partial charge is 0.366 e. The molecule has 0 spiro atoms. The average Bonchev–Trinajstić information content (AvgIpc) is 2.77. The number of aromatic nitrogens is 1. The van der Waals surface area contributed by atoms with E-state index in [4.69, 9.17) is 5.73 Å². The van der Waals surface area contributed by atoms with Gasteiger partial charge in [-0.15, -0.1) is 0 Å². The number of amides is 1. The molecule has 0 unspecified atom stereocenters. The third-order valence-electron chi connectivity index (χ3n) is 3.67. The van der Waals surface area contributed by atoms with Crippen molar-refractivity contribution in [3.63, 3.8) is 0 Å². The van der Waals surface area contributed by atoms with Gasteiger partial charge >= 0.3 is 0 Å². The Hall–Kier alpha value is -2.94. The Bertz CT molecular complexity index is 870. The standard InChI is InChI=1S/C19H16N2O.2C3H8.C2H6/c1-13-5-2-3-8-18(13)15-7-4-6-14(9-15)16-10-17(19(20)22)12-21-11-16;2*1-3-2;1-2/h2-12H,1H3,(H2,20,22);2*3H2,1-2H3;1-2H3. The topological polar surface area (TPSA) is 56.0 Å². The summed E-state index contributed by atoms with van der Waals surface area (Å²) in [4.78, 5) is 15.4. The molecule has 3 rings (SSSR count). The van der Waals surface area contributed by atoms with Gasteiger partial charge < -0.3 is 5.73 Å². The fraction of sp³-hybridized carbons (Fsp3) is 0.333. The van der Waals surface area contributed by atoms with Crippen LogP contribution in [-0.2, 0) is 0 Å². The molecular formula is C27H38N2O. The summed E-state index contributed by atoms with van der Waals surface area (Å²) in [5.74, 6) is -0.468. The number of nitrogens with zero attached hydrogens (tertiary/aromatic N) is 1. The predicted octanol–water partition coefficient (Wildman–Crippen LogP) is 7.68. The summed E-state index contributed by atoms with van der Waals surface area (Å²) in [6.07, 6.45) is 5.72. The number of hydrogen-bond donors (Lipinski definition) is 1. The zero-order valence-electron chi connectivity index (χ0n) is 19.7. The van der Waals surface area contributed by atoms with Crippen LogP contribution in [0.2, 0.25) is 0 Å². The quantitative estimate of drug-likeness (QED) is 0.485. The van der Waals surface area contributed by atoms with Gasteiger partial charge in [0.05, 0.1) is 5.56 Å². The number of primary amides is 1. The highest BCUT2D eigenvalue weighted by molar-refractivity contribution is 5.93. The molecular weight excluding hydrogens is 368 g/mol. The lowest BCUT2D eigenvalue weighted by atomic mass is 9.96. The molecule has 30 heavy (non-hydrogen) atoms. The first kappa shape index (κ1) is 27.1. The van der Waals surface area contributed by atoms with E-state index in [1.165, 1.54) is 30.2 Å². The minimum atomic E-state index is -0.468. The molecule has 2 aromatic carbocycles. The molecule has 162 valence electrons. The van der Waals surface area contributed by atoms with E-state index in [2.05, 4.69) is 63.9 Å². The van der Waals surface area contributed by atoms with Crippen LogP contribution in [0.3, 0.4) is 0 Å². The molecule has 0 aliphatic rings. The summed E-state index contributed by atoms with van der Waals surface area (Å²) < 4.78 is 0. The second kappa shape index (κ2) is 15.9. The number of carbonyl (C=O) groups excluding carboxylic acids is 1. The molecule has 0 aliphatic heterocycles. The van der Waals surface area contributed by atoms with Crippen LogP contribution < -0.4 is 5.73 Å². The highest BCUT2D eigenvalue weighted by Gasteiger charge is 2.06. The summed E-state index contributed by atoms with van der Waals surface area (Å²) in [5, 5.41) is 0. The molecule has 0 saturated heterocycles. The van der Waals surface area contributed by atoms with Gasteiger partial charge in [0.2, 0.25) is 5.91 Å². The van der Waals surface area contributed by atoms with Gasteiger partial charge in [0.15, 0.2) is 0 Å². The third-order valence-corrected chi connectivity index (χ3v) is 3.67. The van der Waals surface area contributed by atoms with Gasteiger partial charge in [-0.3, -0.25) is 9.78 Å². The Morgan fingerprint density at radius 2 is 1.37 bits per heavy atom. The van der Waals surface area contributed by atoms with Crippen LogP contribution in [0.15, 0.2) is 67.0 Å². The summed E-state index contributed by atoms with van der Waals surface area (Å²) in [6, 6.07) is 18.2. The Labute approximate surface area is 183 Å². The van der Waals surface area contributed by atoms with Gasteiger partial charge in [0.1, 0.15) is 0 Å². The van der Waals surface area contributed by atoms with E-state index < -0.39 is 5.91 Å². The second-order valence-electron chi connectivity index (χ2n) is 6.64. The second-order valence-corrected chi connectivity index (χ2v) is 6.64. The first-order valence-corrected chi connectivity index (χ1v) is 10.9. The van der Waals surface area contributed by atoms with Crippen molar-refractivity contribution < 1.29 is 4.79 Å². The molecule has 0 aliphatic carbocycles. The maximum Gasteiger partial charge on any atom is 0.250 e. The van der Waals surface area contributed by atoms with E-state index in [-0.39, 0.29) is 0 Å². The molecule has 0 bridgehead atoms. The maximum absolute atomic E-state index is 11.3. The Balaban J connectivity index is 0.000000923. The van der Waals surface area contributed by atoms with E-state index in [1.807, 2.05) is 38.1 Å².